The number of carbonyl (C=O) groups excluding carboxylic acids is 2. The maximum atomic E-state index is 13.0. The Morgan fingerprint density at radius 2 is 1.48 bits per heavy atom. The van der Waals surface area contributed by atoms with Gasteiger partial charge in [0.25, 0.3) is 5.91 Å². The van der Waals surface area contributed by atoms with Gasteiger partial charge in [-0.1, -0.05) is 0 Å². The summed E-state index contributed by atoms with van der Waals surface area (Å²) in [7, 11) is 0. The van der Waals surface area contributed by atoms with E-state index in [1.807, 2.05) is 0 Å². The van der Waals surface area contributed by atoms with Crippen LogP contribution in [0.5, 0.6) is 0 Å². The molecule has 31 heavy (non-hydrogen) atoms. The molecule has 1 aromatic heterocycles. The number of halogens is 6. The zero-order valence-electron chi connectivity index (χ0n) is 16.3. The van der Waals surface area contributed by atoms with Gasteiger partial charge >= 0.3 is 18.4 Å². The van der Waals surface area contributed by atoms with Crippen LogP contribution in [0.15, 0.2) is 18.2 Å². The first-order chi connectivity index (χ1) is 14.2. The quantitative estimate of drug-likeness (QED) is 0.487. The van der Waals surface area contributed by atoms with E-state index in [1.165, 1.54) is 6.92 Å². The maximum Gasteiger partial charge on any atom is 0.416 e. The lowest BCUT2D eigenvalue weighted by Crippen LogP contribution is -2.50. The molecule has 0 saturated heterocycles. The van der Waals surface area contributed by atoms with E-state index in [4.69, 9.17) is 0 Å². The van der Waals surface area contributed by atoms with Crippen molar-refractivity contribution in [3.63, 3.8) is 0 Å². The van der Waals surface area contributed by atoms with Gasteiger partial charge in [-0.05, 0) is 44.2 Å². The highest BCUT2D eigenvalue weighted by molar-refractivity contribution is 5.83. The van der Waals surface area contributed by atoms with Crippen LogP contribution >= 0.6 is 0 Å². The van der Waals surface area contributed by atoms with E-state index in [9.17, 15) is 35.9 Å². The highest BCUT2D eigenvalue weighted by Crippen LogP contribution is 2.37. The van der Waals surface area contributed by atoms with Crippen LogP contribution in [0.2, 0.25) is 0 Å². The number of alkyl halides is 6. The predicted molar refractivity (Wildman–Crippen MR) is 92.9 cm³/mol. The molecule has 170 valence electrons. The van der Waals surface area contributed by atoms with Crippen molar-refractivity contribution in [2.75, 3.05) is 0 Å². The molecule has 0 unspecified atom stereocenters. The maximum absolute atomic E-state index is 13.0. The highest BCUT2D eigenvalue weighted by Gasteiger charge is 2.37. The molecule has 3 amide bonds. The molecule has 0 fully saturated rings. The van der Waals surface area contributed by atoms with Gasteiger partial charge in [0.05, 0.1) is 11.1 Å². The van der Waals surface area contributed by atoms with Crippen molar-refractivity contribution in [3.05, 3.63) is 29.3 Å². The summed E-state index contributed by atoms with van der Waals surface area (Å²) in [5.74, 6) is -1.37. The second kappa shape index (κ2) is 8.77. The van der Waals surface area contributed by atoms with Gasteiger partial charge in [-0.2, -0.15) is 31.1 Å². The Balaban J connectivity index is 2.25. The zero-order chi connectivity index (χ0) is 23.6. The summed E-state index contributed by atoms with van der Waals surface area (Å²) in [6, 6.07) is -1.25. The van der Waals surface area contributed by atoms with Crippen molar-refractivity contribution >= 4 is 11.9 Å². The summed E-state index contributed by atoms with van der Waals surface area (Å²) < 4.78 is 78.0. The third-order valence-electron chi connectivity index (χ3n) is 3.72. The zero-order valence-corrected chi connectivity index (χ0v) is 16.3. The van der Waals surface area contributed by atoms with Gasteiger partial charge < -0.3 is 5.32 Å². The fourth-order valence-corrected chi connectivity index (χ4v) is 2.21. The van der Waals surface area contributed by atoms with Gasteiger partial charge in [-0.15, -0.1) is 10.2 Å². The van der Waals surface area contributed by atoms with E-state index in [0.717, 1.165) is 0 Å². The van der Waals surface area contributed by atoms with E-state index in [2.05, 4.69) is 31.6 Å². The van der Waals surface area contributed by atoms with E-state index >= 15 is 0 Å². The molecule has 2 rings (SSSR count). The van der Waals surface area contributed by atoms with Gasteiger partial charge in [0.1, 0.15) is 0 Å². The molecule has 0 aliphatic heterocycles. The third-order valence-corrected chi connectivity index (χ3v) is 3.72. The molecule has 0 spiro atoms. The van der Waals surface area contributed by atoms with Crippen LogP contribution in [-0.4, -0.2) is 38.2 Å². The van der Waals surface area contributed by atoms with Crippen molar-refractivity contribution in [1.82, 2.24) is 36.4 Å². The van der Waals surface area contributed by atoms with Gasteiger partial charge in [-0.3, -0.25) is 10.2 Å². The van der Waals surface area contributed by atoms with Gasteiger partial charge in [-0.25, -0.2) is 10.2 Å². The van der Waals surface area contributed by atoms with E-state index in [0.29, 0.717) is 16.9 Å². The van der Waals surface area contributed by atoms with Crippen molar-refractivity contribution in [2.24, 2.45) is 0 Å². The van der Waals surface area contributed by atoms with E-state index in [-0.39, 0.29) is 12.1 Å². The molecule has 1 atom stereocenters. The molecule has 1 heterocycles. The largest absolute Gasteiger partial charge is 0.416 e. The summed E-state index contributed by atoms with van der Waals surface area (Å²) in [6.45, 7) is 4.64. The number of carbonyl (C=O) groups is 2. The van der Waals surface area contributed by atoms with Crippen LogP contribution in [0.1, 0.15) is 37.9 Å². The molecule has 0 radical (unpaired) electrons. The van der Waals surface area contributed by atoms with Crippen molar-refractivity contribution in [1.29, 1.82) is 0 Å². The Bertz CT molecular complexity index is 922. The van der Waals surface area contributed by atoms with Gasteiger partial charge in [0.2, 0.25) is 5.82 Å². The average Bonchev–Trinajstić information content (AvgIpc) is 3.13. The van der Waals surface area contributed by atoms with Crippen molar-refractivity contribution < 1.29 is 35.9 Å². The lowest BCUT2D eigenvalue weighted by atomic mass is 10.0. The SMILES string of the molecule is CC(C)NC(=O)NNC(=O)[C@H](C)n1nnc(-c2cc(C(F)(F)F)cc(C(F)(F)F)c2)n1. The number of tetrazole rings is 1. The summed E-state index contributed by atoms with van der Waals surface area (Å²) >= 11 is 0. The highest BCUT2D eigenvalue weighted by atomic mass is 19.4. The minimum absolute atomic E-state index is 0.0299. The first-order valence-corrected chi connectivity index (χ1v) is 8.64. The lowest BCUT2D eigenvalue weighted by molar-refractivity contribution is -0.143. The molecule has 9 nitrogen and oxygen atoms in total. The number of aromatic nitrogens is 4. The molecular formula is C16H17F6N7O2. The second-order valence-electron chi connectivity index (χ2n) is 6.65. The van der Waals surface area contributed by atoms with E-state index < -0.39 is 52.8 Å². The van der Waals surface area contributed by atoms with Crippen molar-refractivity contribution in [3.8, 4) is 11.4 Å². The number of hydrogen-bond acceptors (Lipinski definition) is 5. The predicted octanol–water partition coefficient (Wildman–Crippen LogP) is 2.68. The Morgan fingerprint density at radius 1 is 0.935 bits per heavy atom. The minimum atomic E-state index is -5.04. The first kappa shape index (κ1) is 23.9. The summed E-state index contributed by atoms with van der Waals surface area (Å²) in [4.78, 5) is 24.2. The number of hydrogen-bond donors (Lipinski definition) is 3. The van der Waals surface area contributed by atoms with Crippen LogP contribution in [0.4, 0.5) is 31.1 Å². The third kappa shape index (κ3) is 6.29. The summed E-state index contributed by atoms with van der Waals surface area (Å²) in [5.41, 5.74) is 0.457. The lowest BCUT2D eigenvalue weighted by Gasteiger charge is -2.14. The van der Waals surface area contributed by atoms with Gasteiger partial charge in [0, 0.05) is 11.6 Å². The Labute approximate surface area is 171 Å². The van der Waals surface area contributed by atoms with Crippen LogP contribution in [0.3, 0.4) is 0 Å². The minimum Gasteiger partial charge on any atom is -0.335 e. The van der Waals surface area contributed by atoms with Crippen molar-refractivity contribution in [2.45, 2.75) is 45.2 Å². The van der Waals surface area contributed by atoms with Crippen LogP contribution in [0, 0.1) is 0 Å². The molecule has 15 heteroatoms. The normalized spacial score (nSPS) is 13.1. The number of urea groups is 1. The topological polar surface area (TPSA) is 114 Å². The molecule has 0 aliphatic carbocycles. The molecule has 2 aromatic rings. The van der Waals surface area contributed by atoms with Crippen LogP contribution < -0.4 is 16.2 Å². The fourth-order valence-electron chi connectivity index (χ4n) is 2.21. The Morgan fingerprint density at radius 3 is 1.97 bits per heavy atom. The summed E-state index contributed by atoms with van der Waals surface area (Å²) in [5, 5.41) is 13.1. The molecular weight excluding hydrogens is 436 g/mol. The molecule has 0 bridgehead atoms. The fraction of sp³-hybridized carbons (Fsp3) is 0.438. The summed E-state index contributed by atoms with van der Waals surface area (Å²) in [6.07, 6.45) is -10.1. The number of amides is 3. The number of nitrogens with one attached hydrogen (secondary N) is 3. The van der Waals surface area contributed by atoms with Crippen LogP contribution in [0.25, 0.3) is 11.4 Å². The molecule has 0 aliphatic rings. The number of hydrazine groups is 1. The molecule has 3 N–H and O–H groups in total. The van der Waals surface area contributed by atoms with E-state index in [1.54, 1.807) is 13.8 Å². The van der Waals surface area contributed by atoms with Crippen LogP contribution in [-0.2, 0) is 17.1 Å². The number of nitrogens with zero attached hydrogens (tertiary/aromatic N) is 4. The van der Waals surface area contributed by atoms with Gasteiger partial charge in [0.15, 0.2) is 6.04 Å². The smallest absolute Gasteiger partial charge is 0.335 e. The number of benzene rings is 1. The average molecular weight is 453 g/mol. The standard InChI is InChI=1S/C16H17F6N7O2/c1-7(2)23-14(31)26-25-13(30)8(3)29-27-12(24-28-29)9-4-10(15(17,18)19)6-11(5-9)16(20,21)22/h4-8H,1-3H3,(H,25,30)(H2,23,26,31)/t8-/m0/s1. The Kier molecular flexibility index (Phi) is 6.76. The monoisotopic (exact) mass is 453 g/mol. The molecule has 0 saturated carbocycles. The Hall–Kier alpha value is -3.39. The second-order valence-corrected chi connectivity index (χ2v) is 6.65. The molecule has 1 aromatic carbocycles. The first-order valence-electron chi connectivity index (χ1n) is 8.64. The number of rotatable bonds is 4.